The Bertz CT molecular complexity index is 433. The predicted molar refractivity (Wildman–Crippen MR) is 83.0 cm³/mol. The van der Waals surface area contributed by atoms with Gasteiger partial charge in [-0.15, -0.1) is 0 Å². The van der Waals surface area contributed by atoms with Gasteiger partial charge in [-0.25, -0.2) is 0 Å². The van der Waals surface area contributed by atoms with Gasteiger partial charge in [-0.2, -0.15) is 0 Å². The number of nitrogens with one attached hydrogen (secondary N) is 1. The number of rotatable bonds is 5. The van der Waals surface area contributed by atoms with Gasteiger partial charge in [-0.05, 0) is 45.4 Å². The third-order valence-electron chi connectivity index (χ3n) is 2.88. The highest BCUT2D eigenvalue weighted by Gasteiger charge is 2.16. The molecule has 0 aliphatic heterocycles. The number of nitrogens with zero attached hydrogens (tertiary/aromatic N) is 1. The van der Waals surface area contributed by atoms with E-state index >= 15 is 0 Å². The number of esters is 1. The maximum absolute atomic E-state index is 11.6. The van der Waals surface area contributed by atoms with Crippen LogP contribution in [0, 0.1) is 0 Å². The third-order valence-corrected chi connectivity index (χ3v) is 2.88. The van der Waals surface area contributed by atoms with E-state index in [9.17, 15) is 4.79 Å². The molecule has 20 heavy (non-hydrogen) atoms. The van der Waals surface area contributed by atoms with Crippen molar-refractivity contribution in [3.63, 3.8) is 0 Å². The summed E-state index contributed by atoms with van der Waals surface area (Å²) in [5, 5.41) is 3.18. The second-order valence-electron chi connectivity index (χ2n) is 6.17. The quantitative estimate of drug-likeness (QED) is 0.841. The van der Waals surface area contributed by atoms with Crippen molar-refractivity contribution >= 4 is 11.7 Å². The number of hydrogen-bond acceptors (Lipinski definition) is 4. The Labute approximate surface area is 122 Å². The zero-order valence-electron chi connectivity index (χ0n) is 13.4. The second kappa shape index (κ2) is 6.75. The highest BCUT2D eigenvalue weighted by Crippen LogP contribution is 2.17. The zero-order chi connectivity index (χ0) is 15.3. The monoisotopic (exact) mass is 278 g/mol. The first-order chi connectivity index (χ1) is 9.19. The third kappa shape index (κ3) is 5.61. The summed E-state index contributed by atoms with van der Waals surface area (Å²) in [6.45, 7) is 7.86. The van der Waals surface area contributed by atoms with Crippen molar-refractivity contribution < 1.29 is 9.53 Å². The minimum absolute atomic E-state index is 0.110. The molecule has 0 aliphatic rings. The highest BCUT2D eigenvalue weighted by atomic mass is 16.6. The number of anilines is 1. The molecule has 0 heterocycles. The molecule has 0 radical (unpaired) electrons. The summed E-state index contributed by atoms with van der Waals surface area (Å²) in [6.07, 6.45) is 0. The Balaban J connectivity index is 2.50. The van der Waals surface area contributed by atoms with Crippen molar-refractivity contribution in [1.29, 1.82) is 0 Å². The first-order valence-electron chi connectivity index (χ1n) is 6.91. The van der Waals surface area contributed by atoms with Gasteiger partial charge < -0.3 is 15.0 Å². The van der Waals surface area contributed by atoms with Gasteiger partial charge in [0.05, 0.1) is 6.54 Å². The minimum atomic E-state index is -0.435. The molecule has 4 nitrogen and oxygen atoms in total. The molecule has 1 rings (SSSR count). The summed E-state index contributed by atoms with van der Waals surface area (Å²) in [5.41, 5.74) is 1.88. The Morgan fingerprint density at radius 2 is 1.80 bits per heavy atom. The molecule has 0 saturated heterocycles. The van der Waals surface area contributed by atoms with Crippen LogP contribution in [0.1, 0.15) is 39.3 Å². The Morgan fingerprint density at radius 3 is 2.25 bits per heavy atom. The van der Waals surface area contributed by atoms with E-state index < -0.39 is 5.60 Å². The number of ether oxygens (including phenoxy) is 1. The molecule has 1 aromatic rings. The standard InChI is InChI=1S/C16H26N2O2/c1-12(17-11-15(19)20-16(2,3)4)13-7-9-14(10-8-13)18(5)6/h7-10,12,17H,11H2,1-6H3. The van der Waals surface area contributed by atoms with Gasteiger partial charge in [-0.3, -0.25) is 4.79 Å². The SMILES string of the molecule is CC(NCC(=O)OC(C)(C)C)c1ccc(N(C)C)cc1. The fourth-order valence-electron chi connectivity index (χ4n) is 1.79. The maximum atomic E-state index is 11.6. The van der Waals surface area contributed by atoms with E-state index in [0.29, 0.717) is 0 Å². The molecule has 0 aromatic heterocycles. The summed E-state index contributed by atoms with van der Waals surface area (Å²) in [5.74, 6) is -0.228. The van der Waals surface area contributed by atoms with Crippen molar-refractivity contribution in [2.75, 3.05) is 25.5 Å². The molecule has 1 atom stereocenters. The normalized spacial score (nSPS) is 12.9. The molecule has 4 heteroatoms. The molecule has 0 aliphatic carbocycles. The van der Waals surface area contributed by atoms with Crippen molar-refractivity contribution in [3.05, 3.63) is 29.8 Å². The van der Waals surface area contributed by atoms with E-state index in [-0.39, 0.29) is 18.6 Å². The van der Waals surface area contributed by atoms with E-state index in [1.165, 1.54) is 0 Å². The van der Waals surface area contributed by atoms with Gasteiger partial charge in [0.1, 0.15) is 5.60 Å². The van der Waals surface area contributed by atoms with E-state index in [4.69, 9.17) is 4.74 Å². The van der Waals surface area contributed by atoms with Crippen LogP contribution in [0.4, 0.5) is 5.69 Å². The van der Waals surface area contributed by atoms with Crippen molar-refractivity contribution in [3.8, 4) is 0 Å². The van der Waals surface area contributed by atoms with Crippen molar-refractivity contribution in [1.82, 2.24) is 5.32 Å². The van der Waals surface area contributed by atoms with E-state index in [1.807, 2.05) is 41.8 Å². The fourth-order valence-corrected chi connectivity index (χ4v) is 1.79. The second-order valence-corrected chi connectivity index (χ2v) is 6.17. The fraction of sp³-hybridized carbons (Fsp3) is 0.562. The van der Waals surface area contributed by atoms with Crippen LogP contribution in [0.2, 0.25) is 0 Å². The van der Waals surface area contributed by atoms with E-state index in [0.717, 1.165) is 11.3 Å². The van der Waals surface area contributed by atoms with Gasteiger partial charge in [0.15, 0.2) is 0 Å². The average molecular weight is 278 g/mol. The summed E-state index contributed by atoms with van der Waals surface area (Å²) in [4.78, 5) is 13.7. The Morgan fingerprint density at radius 1 is 1.25 bits per heavy atom. The van der Waals surface area contributed by atoms with Crippen LogP contribution in [-0.4, -0.2) is 32.2 Å². The topological polar surface area (TPSA) is 41.6 Å². The molecule has 1 aromatic carbocycles. The number of benzene rings is 1. The van der Waals surface area contributed by atoms with Crippen LogP contribution in [0.15, 0.2) is 24.3 Å². The molecule has 0 spiro atoms. The first kappa shape index (κ1) is 16.5. The lowest BCUT2D eigenvalue weighted by molar-refractivity contribution is -0.153. The van der Waals surface area contributed by atoms with E-state index in [1.54, 1.807) is 0 Å². The van der Waals surface area contributed by atoms with Crippen molar-refractivity contribution in [2.24, 2.45) is 0 Å². The van der Waals surface area contributed by atoms with Crippen LogP contribution in [0.25, 0.3) is 0 Å². The number of hydrogen-bond donors (Lipinski definition) is 1. The Kier molecular flexibility index (Phi) is 5.57. The molecule has 0 fully saturated rings. The summed E-state index contributed by atoms with van der Waals surface area (Å²) >= 11 is 0. The summed E-state index contributed by atoms with van der Waals surface area (Å²) in [6, 6.07) is 8.39. The smallest absolute Gasteiger partial charge is 0.320 e. The average Bonchev–Trinajstić information content (AvgIpc) is 2.34. The lowest BCUT2D eigenvalue weighted by Crippen LogP contribution is -2.32. The molecular weight excluding hydrogens is 252 g/mol. The maximum Gasteiger partial charge on any atom is 0.320 e. The molecule has 1 N–H and O–H groups in total. The highest BCUT2D eigenvalue weighted by molar-refractivity contribution is 5.72. The summed E-state index contributed by atoms with van der Waals surface area (Å²) < 4.78 is 5.27. The number of carbonyl (C=O) groups excluding carboxylic acids is 1. The predicted octanol–water partition coefficient (Wildman–Crippen LogP) is 2.74. The zero-order valence-corrected chi connectivity index (χ0v) is 13.4. The van der Waals surface area contributed by atoms with Crippen LogP contribution >= 0.6 is 0 Å². The number of carbonyl (C=O) groups is 1. The Hall–Kier alpha value is -1.55. The first-order valence-corrected chi connectivity index (χ1v) is 6.91. The van der Waals surface area contributed by atoms with Gasteiger partial charge in [-0.1, -0.05) is 12.1 Å². The van der Waals surface area contributed by atoms with Crippen LogP contribution in [-0.2, 0) is 9.53 Å². The molecular formula is C16H26N2O2. The van der Waals surface area contributed by atoms with E-state index in [2.05, 4.69) is 34.5 Å². The van der Waals surface area contributed by atoms with Crippen LogP contribution in [0.3, 0.4) is 0 Å². The van der Waals surface area contributed by atoms with Gasteiger partial charge in [0, 0.05) is 25.8 Å². The largest absolute Gasteiger partial charge is 0.459 e. The molecule has 0 amide bonds. The molecule has 0 saturated carbocycles. The minimum Gasteiger partial charge on any atom is -0.459 e. The summed E-state index contributed by atoms with van der Waals surface area (Å²) in [7, 11) is 4.03. The van der Waals surface area contributed by atoms with Gasteiger partial charge in [0.25, 0.3) is 0 Å². The lowest BCUT2D eigenvalue weighted by Gasteiger charge is -2.21. The lowest BCUT2D eigenvalue weighted by atomic mass is 10.1. The van der Waals surface area contributed by atoms with Crippen molar-refractivity contribution in [2.45, 2.75) is 39.3 Å². The van der Waals surface area contributed by atoms with Gasteiger partial charge >= 0.3 is 5.97 Å². The molecule has 0 bridgehead atoms. The molecule has 1 unspecified atom stereocenters. The van der Waals surface area contributed by atoms with Gasteiger partial charge in [0.2, 0.25) is 0 Å². The van der Waals surface area contributed by atoms with Crippen LogP contribution in [0.5, 0.6) is 0 Å². The van der Waals surface area contributed by atoms with Crippen LogP contribution < -0.4 is 10.2 Å². The molecule has 112 valence electrons.